The Labute approximate surface area is 196 Å². The summed E-state index contributed by atoms with van der Waals surface area (Å²) in [6, 6.07) is 15.2. The van der Waals surface area contributed by atoms with E-state index < -0.39 is 21.7 Å². The van der Waals surface area contributed by atoms with Crippen molar-refractivity contribution in [3.63, 3.8) is 0 Å². The van der Waals surface area contributed by atoms with Crippen LogP contribution in [0.15, 0.2) is 68.7 Å². The highest BCUT2D eigenvalue weighted by Gasteiger charge is 2.18. The second-order valence-corrected chi connectivity index (χ2v) is 9.60. The lowest BCUT2D eigenvalue weighted by Gasteiger charge is -2.11. The maximum Gasteiger partial charge on any atom is 0.419 e. The third kappa shape index (κ3) is 4.82. The smallest absolute Gasteiger partial charge is 0.419 e. The normalized spacial score (nSPS) is 11.7. The molecule has 2 N–H and O–H groups in total. The lowest BCUT2D eigenvalue weighted by molar-refractivity contribution is 0.0495. The number of hydrogen-bond acceptors (Lipinski definition) is 6. The molecule has 178 valence electrons. The summed E-state index contributed by atoms with van der Waals surface area (Å²) in [4.78, 5) is 24.8. The van der Waals surface area contributed by atoms with Gasteiger partial charge in [-0.05, 0) is 56.2 Å². The number of oxazole rings is 1. The number of nitrogens with zero attached hydrogens (tertiary/aromatic N) is 2. The van der Waals surface area contributed by atoms with Crippen LogP contribution >= 0.6 is 0 Å². The van der Waals surface area contributed by atoms with Crippen LogP contribution in [0.5, 0.6) is 0 Å². The number of primary sulfonamides is 1. The minimum Gasteiger partial charge on any atom is -0.462 e. The van der Waals surface area contributed by atoms with Crippen molar-refractivity contribution in [3.05, 3.63) is 87.7 Å². The highest BCUT2D eigenvalue weighted by Crippen LogP contribution is 2.19. The van der Waals surface area contributed by atoms with Crippen molar-refractivity contribution < 1.29 is 22.4 Å². The molecule has 0 aliphatic carbocycles. The second kappa shape index (κ2) is 9.32. The number of hydrogen-bond donors (Lipinski definition) is 1. The van der Waals surface area contributed by atoms with E-state index >= 15 is 0 Å². The van der Waals surface area contributed by atoms with Crippen molar-refractivity contribution in [2.75, 3.05) is 6.61 Å². The third-order valence-corrected chi connectivity index (χ3v) is 6.65. The van der Waals surface area contributed by atoms with E-state index in [9.17, 15) is 18.0 Å². The van der Waals surface area contributed by atoms with Gasteiger partial charge in [0, 0.05) is 24.5 Å². The number of aryl methyl sites for hydroxylation is 2. The van der Waals surface area contributed by atoms with Crippen molar-refractivity contribution in [2.24, 2.45) is 5.14 Å². The van der Waals surface area contributed by atoms with Gasteiger partial charge in [-0.3, -0.25) is 4.57 Å². The van der Waals surface area contributed by atoms with Gasteiger partial charge in [0.15, 0.2) is 5.58 Å². The van der Waals surface area contributed by atoms with Crippen molar-refractivity contribution in [2.45, 2.75) is 38.3 Å². The summed E-state index contributed by atoms with van der Waals surface area (Å²) in [6.45, 7) is 4.71. The molecule has 0 aliphatic rings. The number of rotatable bonds is 8. The van der Waals surface area contributed by atoms with E-state index in [1.165, 1.54) is 16.7 Å². The van der Waals surface area contributed by atoms with Crippen LogP contribution in [0.2, 0.25) is 0 Å². The quantitative estimate of drug-likeness (QED) is 0.303. The molecule has 0 saturated heterocycles. The summed E-state index contributed by atoms with van der Waals surface area (Å²) in [7, 11) is -3.75. The monoisotopic (exact) mass is 483 g/mol. The Morgan fingerprint density at radius 2 is 1.76 bits per heavy atom. The first-order valence-electron chi connectivity index (χ1n) is 10.7. The molecule has 0 aliphatic heterocycles. The predicted octanol–water partition coefficient (Wildman–Crippen LogP) is 2.96. The van der Waals surface area contributed by atoms with Gasteiger partial charge in [0.2, 0.25) is 10.0 Å². The van der Waals surface area contributed by atoms with Gasteiger partial charge in [0.25, 0.3) is 0 Å². The maximum absolute atomic E-state index is 12.7. The number of esters is 1. The molecule has 0 bridgehead atoms. The van der Waals surface area contributed by atoms with Gasteiger partial charge in [-0.2, -0.15) is 0 Å². The summed E-state index contributed by atoms with van der Waals surface area (Å²) >= 11 is 0. The van der Waals surface area contributed by atoms with Gasteiger partial charge >= 0.3 is 11.7 Å². The fourth-order valence-electron chi connectivity index (χ4n) is 3.91. The number of carbonyl (C=O) groups excluding carboxylic acids is 1. The standard InChI is InChI=1S/C24H25N3O6S/c1-16-14-20(17(2)27(16)15-18-8-10-19(11-9-18)34(25,30)31)23(28)32-13-5-12-26-21-6-3-4-7-22(21)33-24(26)29/h3-4,6-11,14H,5,12-13,15H2,1-2H3,(H2,25,30,31). The number of benzene rings is 2. The Morgan fingerprint density at radius 3 is 2.47 bits per heavy atom. The fourth-order valence-corrected chi connectivity index (χ4v) is 4.42. The highest BCUT2D eigenvalue weighted by atomic mass is 32.2. The molecule has 9 nitrogen and oxygen atoms in total. The molecular weight excluding hydrogens is 458 g/mol. The van der Waals surface area contributed by atoms with Crippen molar-refractivity contribution in [1.82, 2.24) is 9.13 Å². The minimum absolute atomic E-state index is 0.0483. The molecular formula is C24H25N3O6S. The lowest BCUT2D eigenvalue weighted by atomic mass is 10.2. The van der Waals surface area contributed by atoms with Crippen molar-refractivity contribution in [1.29, 1.82) is 0 Å². The fraction of sp³-hybridized carbons (Fsp3) is 0.250. The zero-order valence-electron chi connectivity index (χ0n) is 18.9. The zero-order chi connectivity index (χ0) is 24.5. The summed E-state index contributed by atoms with van der Waals surface area (Å²) < 4.78 is 37.0. The molecule has 0 saturated carbocycles. The second-order valence-electron chi connectivity index (χ2n) is 8.04. The Hall–Kier alpha value is -3.63. The van der Waals surface area contributed by atoms with Crippen LogP contribution in [0.3, 0.4) is 0 Å². The van der Waals surface area contributed by atoms with E-state index in [0.29, 0.717) is 36.2 Å². The lowest BCUT2D eigenvalue weighted by Crippen LogP contribution is -2.16. The van der Waals surface area contributed by atoms with Crippen molar-refractivity contribution >= 4 is 27.1 Å². The number of carbonyl (C=O) groups is 1. The molecule has 0 fully saturated rings. The topological polar surface area (TPSA) is 127 Å². The molecule has 2 aromatic carbocycles. The van der Waals surface area contributed by atoms with Gasteiger partial charge in [-0.25, -0.2) is 23.1 Å². The first-order valence-corrected chi connectivity index (χ1v) is 12.2. The van der Waals surface area contributed by atoms with Crippen molar-refractivity contribution in [3.8, 4) is 0 Å². The van der Waals surface area contributed by atoms with E-state index in [1.807, 2.05) is 30.5 Å². The van der Waals surface area contributed by atoms with Gasteiger partial charge in [0.05, 0.1) is 22.6 Å². The van der Waals surface area contributed by atoms with E-state index in [0.717, 1.165) is 17.0 Å². The summed E-state index contributed by atoms with van der Waals surface area (Å²) in [5, 5.41) is 5.15. The number of sulfonamides is 1. The van der Waals surface area contributed by atoms with E-state index in [-0.39, 0.29) is 11.5 Å². The molecule has 2 heterocycles. The first-order chi connectivity index (χ1) is 16.1. The van der Waals surface area contributed by atoms with Gasteiger partial charge in [0.1, 0.15) is 0 Å². The molecule has 0 unspecified atom stereocenters. The van der Waals surface area contributed by atoms with Crippen LogP contribution in [0, 0.1) is 13.8 Å². The Morgan fingerprint density at radius 1 is 1.06 bits per heavy atom. The van der Waals surface area contributed by atoms with Crippen LogP contribution < -0.4 is 10.9 Å². The van der Waals surface area contributed by atoms with Gasteiger partial charge in [-0.15, -0.1) is 0 Å². The average molecular weight is 484 g/mol. The average Bonchev–Trinajstić information content (AvgIpc) is 3.26. The minimum atomic E-state index is -3.75. The van der Waals surface area contributed by atoms with Crippen LogP contribution in [-0.4, -0.2) is 30.1 Å². The maximum atomic E-state index is 12.7. The molecule has 4 rings (SSSR count). The third-order valence-electron chi connectivity index (χ3n) is 5.72. The summed E-state index contributed by atoms with van der Waals surface area (Å²) in [6.07, 6.45) is 0.463. The first kappa shape index (κ1) is 23.5. The zero-order valence-corrected chi connectivity index (χ0v) is 19.7. The van der Waals surface area contributed by atoms with Crippen LogP contribution in [0.25, 0.3) is 11.1 Å². The molecule has 0 spiro atoms. The molecule has 4 aromatic rings. The van der Waals surface area contributed by atoms with Crippen LogP contribution in [0.1, 0.15) is 33.7 Å². The predicted molar refractivity (Wildman–Crippen MR) is 126 cm³/mol. The SMILES string of the molecule is Cc1cc(C(=O)OCCCn2c(=O)oc3ccccc32)c(C)n1Cc1ccc(S(N)(=O)=O)cc1. The Bertz CT molecular complexity index is 1510. The number of aromatic nitrogens is 2. The van der Waals surface area contributed by atoms with Gasteiger partial charge in [-0.1, -0.05) is 24.3 Å². The Kier molecular flexibility index (Phi) is 6.45. The highest BCUT2D eigenvalue weighted by molar-refractivity contribution is 7.89. The molecule has 0 radical (unpaired) electrons. The van der Waals surface area contributed by atoms with E-state index in [2.05, 4.69) is 0 Å². The number of fused-ring (bicyclic) bond motifs is 1. The summed E-state index contributed by atoms with van der Waals surface area (Å²) in [5.74, 6) is -0.874. The molecule has 10 heteroatoms. The van der Waals surface area contributed by atoms with Crippen LogP contribution in [-0.2, 0) is 27.8 Å². The largest absolute Gasteiger partial charge is 0.462 e. The molecule has 34 heavy (non-hydrogen) atoms. The van der Waals surface area contributed by atoms with E-state index in [4.69, 9.17) is 14.3 Å². The molecule has 2 aromatic heterocycles. The number of para-hydroxylation sites is 2. The number of nitrogens with two attached hydrogens (primary N) is 1. The van der Waals surface area contributed by atoms with Gasteiger partial charge < -0.3 is 13.7 Å². The van der Waals surface area contributed by atoms with Crippen LogP contribution in [0.4, 0.5) is 0 Å². The summed E-state index contributed by atoms with van der Waals surface area (Å²) in [5.41, 5.74) is 4.18. The molecule has 0 amide bonds. The Balaban J connectivity index is 1.39. The number of ether oxygens (including phenoxy) is 1. The van der Waals surface area contributed by atoms with E-state index in [1.54, 1.807) is 30.3 Å². The molecule has 0 atom stereocenters.